The first-order valence-electron chi connectivity index (χ1n) is 11.5. The van der Waals surface area contributed by atoms with Crippen LogP contribution in [0.3, 0.4) is 0 Å². The Kier molecular flexibility index (Phi) is 8.14. The van der Waals surface area contributed by atoms with Gasteiger partial charge in [-0.05, 0) is 34.9 Å². The lowest BCUT2D eigenvalue weighted by molar-refractivity contribution is -0.113. The molecule has 0 spiro atoms. The highest BCUT2D eigenvalue weighted by Gasteiger charge is 2.18. The minimum Gasteiger partial charge on any atom is -0.325 e. The molecular formula is C27H34N4OS. The number of hydrogen-bond donors (Lipinski definition) is 1. The molecule has 2 aromatic carbocycles. The first-order valence-corrected chi connectivity index (χ1v) is 12.4. The van der Waals surface area contributed by atoms with Gasteiger partial charge in [-0.2, -0.15) is 0 Å². The molecule has 0 saturated heterocycles. The standard InChI is InChI=1S/C27H34N4OS/c1-7-17-31-25(21-13-15-22(16-14-21)27(4,5)6)29-30-26(31)33-18-23(32)28-24-19(8-2)11-10-12-20(24)9-3/h7,10-16H,1,8-9,17-18H2,2-6H3,(H,28,32). The van der Waals surface area contributed by atoms with Crippen LogP contribution in [0.4, 0.5) is 5.69 Å². The molecule has 3 aromatic rings. The third kappa shape index (κ3) is 5.93. The van der Waals surface area contributed by atoms with Gasteiger partial charge in [-0.25, -0.2) is 0 Å². The van der Waals surface area contributed by atoms with Crippen LogP contribution in [0.25, 0.3) is 11.4 Å². The van der Waals surface area contributed by atoms with E-state index in [1.807, 2.05) is 10.6 Å². The monoisotopic (exact) mass is 462 g/mol. The summed E-state index contributed by atoms with van der Waals surface area (Å²) in [5.41, 5.74) is 5.62. The maximum Gasteiger partial charge on any atom is 0.234 e. The van der Waals surface area contributed by atoms with E-state index in [1.165, 1.54) is 17.3 Å². The van der Waals surface area contributed by atoms with E-state index in [9.17, 15) is 4.79 Å². The number of aryl methyl sites for hydroxylation is 2. The summed E-state index contributed by atoms with van der Waals surface area (Å²) in [6.07, 6.45) is 3.58. The van der Waals surface area contributed by atoms with E-state index >= 15 is 0 Å². The fraction of sp³-hybridized carbons (Fsp3) is 0.370. The maximum absolute atomic E-state index is 12.8. The van der Waals surface area contributed by atoms with Gasteiger partial charge in [0, 0.05) is 17.8 Å². The Morgan fingerprint density at radius 1 is 1.06 bits per heavy atom. The molecule has 0 saturated carbocycles. The number of allylic oxidation sites excluding steroid dienone is 1. The zero-order valence-corrected chi connectivity index (χ0v) is 21.1. The first kappa shape index (κ1) is 24.8. The lowest BCUT2D eigenvalue weighted by Crippen LogP contribution is -2.17. The molecule has 0 fully saturated rings. The van der Waals surface area contributed by atoms with Crippen molar-refractivity contribution in [1.29, 1.82) is 0 Å². The summed E-state index contributed by atoms with van der Waals surface area (Å²) in [6, 6.07) is 14.6. The molecule has 1 heterocycles. The Bertz CT molecular complexity index is 1090. The Morgan fingerprint density at radius 3 is 2.24 bits per heavy atom. The van der Waals surface area contributed by atoms with Crippen molar-refractivity contribution in [3.8, 4) is 11.4 Å². The number of benzene rings is 2. The number of nitrogens with zero attached hydrogens (tertiary/aromatic N) is 3. The Hall–Kier alpha value is -2.86. The van der Waals surface area contributed by atoms with Gasteiger partial charge in [0.1, 0.15) is 0 Å². The van der Waals surface area contributed by atoms with Crippen LogP contribution in [0.1, 0.15) is 51.3 Å². The lowest BCUT2D eigenvalue weighted by atomic mass is 9.87. The number of carbonyl (C=O) groups excluding carboxylic acids is 1. The van der Waals surface area contributed by atoms with Crippen LogP contribution in [0.2, 0.25) is 0 Å². The molecule has 0 bridgehead atoms. The lowest BCUT2D eigenvalue weighted by Gasteiger charge is -2.19. The first-order chi connectivity index (χ1) is 15.8. The molecule has 0 radical (unpaired) electrons. The fourth-order valence-electron chi connectivity index (χ4n) is 3.73. The van der Waals surface area contributed by atoms with Crippen LogP contribution in [0.15, 0.2) is 60.3 Å². The highest BCUT2D eigenvalue weighted by molar-refractivity contribution is 7.99. The highest BCUT2D eigenvalue weighted by atomic mass is 32.2. The van der Waals surface area contributed by atoms with Crippen LogP contribution < -0.4 is 5.32 Å². The molecule has 3 rings (SSSR count). The molecular weight excluding hydrogens is 428 g/mol. The van der Waals surface area contributed by atoms with Gasteiger partial charge in [-0.1, -0.05) is 94.9 Å². The van der Waals surface area contributed by atoms with Crippen LogP contribution in [0, 0.1) is 0 Å². The van der Waals surface area contributed by atoms with Gasteiger partial charge in [0.05, 0.1) is 5.75 Å². The van der Waals surface area contributed by atoms with Gasteiger partial charge in [-0.15, -0.1) is 16.8 Å². The Morgan fingerprint density at radius 2 is 1.70 bits per heavy atom. The van der Waals surface area contributed by atoms with E-state index in [0.29, 0.717) is 11.7 Å². The van der Waals surface area contributed by atoms with Crippen LogP contribution in [-0.2, 0) is 29.6 Å². The third-order valence-corrected chi connectivity index (χ3v) is 6.60. The summed E-state index contributed by atoms with van der Waals surface area (Å²) >= 11 is 1.39. The van der Waals surface area contributed by atoms with Crippen LogP contribution in [0.5, 0.6) is 0 Å². The third-order valence-electron chi connectivity index (χ3n) is 5.63. The van der Waals surface area contributed by atoms with E-state index in [0.717, 1.165) is 41.0 Å². The summed E-state index contributed by atoms with van der Waals surface area (Å²) < 4.78 is 2.01. The zero-order chi connectivity index (χ0) is 24.0. The van der Waals surface area contributed by atoms with Gasteiger partial charge in [0.25, 0.3) is 0 Å². The summed E-state index contributed by atoms with van der Waals surface area (Å²) in [6.45, 7) is 15.3. The molecule has 1 N–H and O–H groups in total. The summed E-state index contributed by atoms with van der Waals surface area (Å²) in [5.74, 6) is 1.00. The second-order valence-corrected chi connectivity index (χ2v) is 9.97. The summed E-state index contributed by atoms with van der Waals surface area (Å²) in [7, 11) is 0. The molecule has 0 atom stereocenters. The largest absolute Gasteiger partial charge is 0.325 e. The normalized spacial score (nSPS) is 11.4. The van der Waals surface area contributed by atoms with E-state index in [-0.39, 0.29) is 17.1 Å². The number of para-hydroxylation sites is 1. The van der Waals surface area contributed by atoms with Crippen molar-refractivity contribution >= 4 is 23.4 Å². The molecule has 33 heavy (non-hydrogen) atoms. The topological polar surface area (TPSA) is 59.8 Å². The van der Waals surface area contributed by atoms with E-state index < -0.39 is 0 Å². The quantitative estimate of drug-likeness (QED) is 0.300. The molecule has 6 heteroatoms. The number of hydrogen-bond acceptors (Lipinski definition) is 4. The van der Waals surface area contributed by atoms with Crippen LogP contribution >= 0.6 is 11.8 Å². The number of carbonyl (C=O) groups is 1. The second-order valence-electron chi connectivity index (χ2n) is 9.03. The Balaban J connectivity index is 1.77. The fourth-order valence-corrected chi connectivity index (χ4v) is 4.48. The highest BCUT2D eigenvalue weighted by Crippen LogP contribution is 2.28. The van der Waals surface area contributed by atoms with Crippen LogP contribution in [-0.4, -0.2) is 26.4 Å². The molecule has 0 unspecified atom stereocenters. The summed E-state index contributed by atoms with van der Waals surface area (Å²) in [4.78, 5) is 12.8. The number of anilines is 1. The van der Waals surface area contributed by atoms with Gasteiger partial charge in [0.2, 0.25) is 5.91 Å². The molecule has 0 aliphatic carbocycles. The van der Waals surface area contributed by atoms with Crippen molar-refractivity contribution in [2.75, 3.05) is 11.1 Å². The van der Waals surface area contributed by atoms with Gasteiger partial charge in [0.15, 0.2) is 11.0 Å². The second kappa shape index (κ2) is 10.8. The molecule has 5 nitrogen and oxygen atoms in total. The van der Waals surface area contributed by atoms with Crippen molar-refractivity contribution in [3.63, 3.8) is 0 Å². The van der Waals surface area contributed by atoms with Crippen molar-refractivity contribution in [3.05, 3.63) is 71.8 Å². The van der Waals surface area contributed by atoms with Crippen molar-refractivity contribution in [1.82, 2.24) is 14.8 Å². The Labute approximate surface area is 201 Å². The average Bonchev–Trinajstić information content (AvgIpc) is 3.20. The number of rotatable bonds is 9. The average molecular weight is 463 g/mol. The minimum atomic E-state index is -0.0418. The van der Waals surface area contributed by atoms with Gasteiger partial charge >= 0.3 is 0 Å². The number of nitrogens with one attached hydrogen (secondary N) is 1. The van der Waals surface area contributed by atoms with Crippen molar-refractivity contribution in [2.45, 2.75) is 64.6 Å². The predicted molar refractivity (Wildman–Crippen MR) is 139 cm³/mol. The molecule has 174 valence electrons. The molecule has 0 aliphatic rings. The number of aromatic nitrogens is 3. The maximum atomic E-state index is 12.8. The minimum absolute atomic E-state index is 0.0418. The number of thioether (sulfide) groups is 1. The smallest absolute Gasteiger partial charge is 0.234 e. The SMILES string of the molecule is C=CCn1c(SCC(=O)Nc2c(CC)cccc2CC)nnc1-c1ccc(C(C)(C)C)cc1. The van der Waals surface area contributed by atoms with Crippen molar-refractivity contribution < 1.29 is 4.79 Å². The van der Waals surface area contributed by atoms with Crippen molar-refractivity contribution in [2.24, 2.45) is 0 Å². The molecule has 1 amide bonds. The van der Waals surface area contributed by atoms with E-state index in [1.54, 1.807) is 0 Å². The van der Waals surface area contributed by atoms with E-state index in [4.69, 9.17) is 0 Å². The predicted octanol–water partition coefficient (Wildman–Crippen LogP) is 6.28. The van der Waals surface area contributed by atoms with E-state index in [2.05, 4.69) is 99.2 Å². The molecule has 0 aliphatic heterocycles. The summed E-state index contributed by atoms with van der Waals surface area (Å²) in [5, 5.41) is 12.6. The van der Waals surface area contributed by atoms with Gasteiger partial charge in [-0.3, -0.25) is 9.36 Å². The van der Waals surface area contributed by atoms with Gasteiger partial charge < -0.3 is 5.32 Å². The zero-order valence-electron chi connectivity index (χ0n) is 20.3. The molecule has 1 aromatic heterocycles. The number of amides is 1.